The van der Waals surface area contributed by atoms with E-state index in [4.69, 9.17) is 10.1 Å². The second kappa shape index (κ2) is 12.3. The summed E-state index contributed by atoms with van der Waals surface area (Å²) in [5, 5.41) is 10.3. The Morgan fingerprint density at radius 3 is 1.62 bits per heavy atom. The van der Waals surface area contributed by atoms with E-state index in [1.807, 2.05) is 6.20 Å². The van der Waals surface area contributed by atoms with Crippen LogP contribution >= 0.6 is 0 Å². The van der Waals surface area contributed by atoms with Crippen LogP contribution in [0.3, 0.4) is 0 Å². The third kappa shape index (κ3) is 5.67. The lowest BCUT2D eigenvalue weighted by Gasteiger charge is -2.24. The van der Waals surface area contributed by atoms with Crippen molar-refractivity contribution in [3.63, 3.8) is 0 Å². The summed E-state index contributed by atoms with van der Waals surface area (Å²) in [5.41, 5.74) is 12.4. The number of pyridine rings is 1. The summed E-state index contributed by atoms with van der Waals surface area (Å²) >= 11 is 0. The van der Waals surface area contributed by atoms with Crippen LogP contribution in [0.15, 0.2) is 134 Å². The molecular weight excluding hydrogens is 671 g/mol. The van der Waals surface area contributed by atoms with Crippen molar-refractivity contribution in [3.8, 4) is 28.3 Å². The molecule has 0 fully saturated rings. The van der Waals surface area contributed by atoms with Crippen LogP contribution in [-0.2, 0) is 16.2 Å². The van der Waals surface area contributed by atoms with E-state index in [1.165, 1.54) is 49.4 Å². The number of rotatable bonds is 4. The molecule has 0 N–H and O–H groups in total. The molecule has 0 aliphatic heterocycles. The monoisotopic (exact) mass is 719 g/mol. The Labute approximate surface area is 323 Å². The molecule has 5 heteroatoms. The van der Waals surface area contributed by atoms with E-state index in [9.17, 15) is 0 Å². The molecule has 0 atom stereocenters. The number of fused-ring (bicyclic) bond motifs is 6. The highest BCUT2D eigenvalue weighted by atomic mass is 15.3. The average molecular weight is 720 g/mol. The topological polar surface area (TPSA) is 40.6 Å². The van der Waals surface area contributed by atoms with Crippen LogP contribution in [0.1, 0.15) is 79.3 Å². The summed E-state index contributed by atoms with van der Waals surface area (Å²) in [7, 11) is 0. The highest BCUT2D eigenvalue weighted by molar-refractivity contribution is 6.12. The average Bonchev–Trinajstić information content (AvgIpc) is 3.83. The van der Waals surface area contributed by atoms with Gasteiger partial charge in [-0.25, -0.2) is 9.67 Å². The quantitative estimate of drug-likeness (QED) is 0.182. The minimum Gasteiger partial charge on any atom is -0.309 e. The molecule has 0 saturated carbocycles. The molecule has 9 aromatic rings. The van der Waals surface area contributed by atoms with Crippen LogP contribution in [0, 0.1) is 0 Å². The number of para-hydroxylation sites is 2. The molecule has 274 valence electrons. The number of hydrogen-bond donors (Lipinski definition) is 0. The van der Waals surface area contributed by atoms with E-state index in [0.717, 1.165) is 39.4 Å². The fourth-order valence-corrected chi connectivity index (χ4v) is 8.42. The predicted molar refractivity (Wildman–Crippen MR) is 232 cm³/mol. The lowest BCUT2D eigenvalue weighted by molar-refractivity contribution is 0.537. The van der Waals surface area contributed by atoms with Gasteiger partial charge in [0, 0.05) is 49.8 Å². The standard InChI is InChI=1S/C50H49N5/c1-48(2,3)33-27-28-51-44(29-33)54-41-22-16-14-20-37(41)39-25-23-34(30-43(39)54)53-40-21-15-13-19-36(40)38-26-24-35(31-42(38)53)55-47(50(7,8)9)45(32-17-11-10-12-18-32)46(52-55)49(4,5)6/h10-31H,1-9H3. The van der Waals surface area contributed by atoms with Crippen LogP contribution in [0.2, 0.25) is 0 Å². The van der Waals surface area contributed by atoms with Crippen LogP contribution in [0.5, 0.6) is 0 Å². The third-order valence-electron chi connectivity index (χ3n) is 11.0. The van der Waals surface area contributed by atoms with Crippen molar-refractivity contribution in [1.29, 1.82) is 0 Å². The van der Waals surface area contributed by atoms with Gasteiger partial charge in [0.05, 0.1) is 39.1 Å². The summed E-state index contributed by atoms with van der Waals surface area (Å²) in [6.45, 7) is 20.5. The molecule has 9 rings (SSSR count). The summed E-state index contributed by atoms with van der Waals surface area (Å²) in [5.74, 6) is 0.928. The fourth-order valence-electron chi connectivity index (χ4n) is 8.42. The van der Waals surface area contributed by atoms with E-state index in [2.05, 4.69) is 204 Å². The van der Waals surface area contributed by atoms with Crippen LogP contribution in [0.25, 0.3) is 71.9 Å². The van der Waals surface area contributed by atoms with E-state index in [1.54, 1.807) is 0 Å². The zero-order valence-electron chi connectivity index (χ0n) is 33.4. The van der Waals surface area contributed by atoms with Crippen LogP contribution < -0.4 is 0 Å². The maximum absolute atomic E-state index is 5.49. The number of benzene rings is 5. The van der Waals surface area contributed by atoms with Crippen molar-refractivity contribution in [1.82, 2.24) is 23.9 Å². The summed E-state index contributed by atoms with van der Waals surface area (Å²) in [6.07, 6.45) is 1.95. The van der Waals surface area contributed by atoms with Crippen molar-refractivity contribution in [2.45, 2.75) is 78.6 Å². The first-order valence-electron chi connectivity index (χ1n) is 19.4. The van der Waals surface area contributed by atoms with Gasteiger partial charge < -0.3 is 4.57 Å². The molecule has 0 bridgehead atoms. The second-order valence-electron chi connectivity index (χ2n) is 18.1. The highest BCUT2D eigenvalue weighted by Crippen LogP contribution is 2.43. The Bertz CT molecular complexity index is 2910. The van der Waals surface area contributed by atoms with Gasteiger partial charge >= 0.3 is 0 Å². The van der Waals surface area contributed by atoms with Gasteiger partial charge in [-0.3, -0.25) is 4.57 Å². The lowest BCUT2D eigenvalue weighted by Crippen LogP contribution is -2.18. The minimum atomic E-state index is -0.180. The fraction of sp³-hybridized carbons (Fsp3) is 0.240. The Balaban J connectivity index is 1.32. The highest BCUT2D eigenvalue weighted by Gasteiger charge is 2.33. The molecule has 0 radical (unpaired) electrons. The number of nitrogens with zero attached hydrogens (tertiary/aromatic N) is 5. The largest absolute Gasteiger partial charge is 0.309 e. The second-order valence-corrected chi connectivity index (χ2v) is 18.1. The van der Waals surface area contributed by atoms with Gasteiger partial charge in [0.15, 0.2) is 0 Å². The van der Waals surface area contributed by atoms with E-state index < -0.39 is 0 Å². The molecule has 5 nitrogen and oxygen atoms in total. The van der Waals surface area contributed by atoms with E-state index in [0.29, 0.717) is 0 Å². The van der Waals surface area contributed by atoms with Crippen molar-refractivity contribution in [2.75, 3.05) is 0 Å². The Morgan fingerprint density at radius 2 is 1.00 bits per heavy atom. The third-order valence-corrected chi connectivity index (χ3v) is 11.0. The molecule has 55 heavy (non-hydrogen) atoms. The Kier molecular flexibility index (Phi) is 7.78. The molecule has 0 spiro atoms. The molecule has 0 saturated heterocycles. The van der Waals surface area contributed by atoms with Gasteiger partial charge in [-0.05, 0) is 65.1 Å². The van der Waals surface area contributed by atoms with Gasteiger partial charge in [-0.2, -0.15) is 5.10 Å². The van der Waals surface area contributed by atoms with E-state index >= 15 is 0 Å². The Morgan fingerprint density at radius 1 is 0.455 bits per heavy atom. The van der Waals surface area contributed by atoms with Crippen LogP contribution in [0.4, 0.5) is 0 Å². The molecule has 4 aromatic heterocycles. The van der Waals surface area contributed by atoms with Crippen molar-refractivity contribution in [2.24, 2.45) is 0 Å². The maximum Gasteiger partial charge on any atom is 0.137 e. The predicted octanol–water partition coefficient (Wildman–Crippen LogP) is 13.0. The molecule has 0 aliphatic carbocycles. The molecule has 0 unspecified atom stereocenters. The van der Waals surface area contributed by atoms with Gasteiger partial charge in [0.25, 0.3) is 0 Å². The van der Waals surface area contributed by atoms with Gasteiger partial charge in [0.1, 0.15) is 5.82 Å². The number of hydrogen-bond acceptors (Lipinski definition) is 2. The molecule has 4 heterocycles. The molecule has 5 aromatic carbocycles. The summed E-state index contributed by atoms with van der Waals surface area (Å²) in [6, 6.07) is 46.4. The SMILES string of the molecule is CC(C)(C)c1ccnc(-n2c3ccccc3c3ccc(-n4c5ccccc5c5ccc(-n6nc(C(C)(C)C)c(-c7ccccc7)c6C(C)(C)C)cc54)cc32)c1. The first-order chi connectivity index (χ1) is 26.2. The Hall–Kier alpha value is -5.94. The maximum atomic E-state index is 5.49. The number of aromatic nitrogens is 5. The molecular formula is C50H49N5. The normalized spacial score (nSPS) is 12.8. The van der Waals surface area contributed by atoms with E-state index in [-0.39, 0.29) is 16.2 Å². The zero-order chi connectivity index (χ0) is 38.4. The van der Waals surface area contributed by atoms with Gasteiger partial charge in [-0.15, -0.1) is 0 Å². The first kappa shape index (κ1) is 34.8. The summed E-state index contributed by atoms with van der Waals surface area (Å²) < 4.78 is 6.98. The summed E-state index contributed by atoms with van der Waals surface area (Å²) in [4.78, 5) is 4.96. The van der Waals surface area contributed by atoms with Crippen molar-refractivity contribution in [3.05, 3.63) is 151 Å². The lowest BCUT2D eigenvalue weighted by atomic mass is 9.81. The minimum absolute atomic E-state index is 0.000769. The van der Waals surface area contributed by atoms with Gasteiger partial charge in [0.2, 0.25) is 0 Å². The van der Waals surface area contributed by atoms with Crippen molar-refractivity contribution < 1.29 is 0 Å². The first-order valence-corrected chi connectivity index (χ1v) is 19.4. The van der Waals surface area contributed by atoms with Crippen molar-refractivity contribution >= 4 is 43.6 Å². The molecule has 0 aliphatic rings. The smallest absolute Gasteiger partial charge is 0.137 e. The molecule has 0 amide bonds. The van der Waals surface area contributed by atoms with Gasteiger partial charge in [-0.1, -0.05) is 141 Å². The zero-order valence-corrected chi connectivity index (χ0v) is 33.4. The van der Waals surface area contributed by atoms with Crippen LogP contribution in [-0.4, -0.2) is 23.9 Å².